The number of pyridine rings is 1. The van der Waals surface area contributed by atoms with Crippen LogP contribution < -0.4 is 5.32 Å². The molecule has 1 N–H and O–H groups in total. The Labute approximate surface area is 113 Å². The Kier molecular flexibility index (Phi) is 4.63. The van der Waals surface area contributed by atoms with Crippen LogP contribution in [0.1, 0.15) is 29.8 Å². The molecule has 0 aliphatic carbocycles. The quantitative estimate of drug-likeness (QED) is 0.888. The second kappa shape index (κ2) is 6.43. The van der Waals surface area contributed by atoms with Crippen molar-refractivity contribution in [3.05, 3.63) is 65.2 Å². The van der Waals surface area contributed by atoms with Crippen molar-refractivity contribution in [2.24, 2.45) is 0 Å². The first-order valence-corrected chi connectivity index (χ1v) is 6.56. The molecule has 19 heavy (non-hydrogen) atoms. The average Bonchev–Trinajstić information content (AvgIpc) is 2.41. The topological polar surface area (TPSA) is 24.9 Å². The van der Waals surface area contributed by atoms with Gasteiger partial charge in [-0.25, -0.2) is 4.39 Å². The molecule has 3 heteroatoms. The highest BCUT2D eigenvalue weighted by Gasteiger charge is 2.06. The van der Waals surface area contributed by atoms with E-state index in [1.165, 1.54) is 23.4 Å². The van der Waals surface area contributed by atoms with Gasteiger partial charge in [-0.1, -0.05) is 24.3 Å². The molecule has 1 heterocycles. The lowest BCUT2D eigenvalue weighted by molar-refractivity contribution is 0.556. The number of halogens is 1. The molecule has 0 amide bonds. The van der Waals surface area contributed by atoms with Crippen LogP contribution in [0.4, 0.5) is 4.39 Å². The minimum atomic E-state index is -0.295. The molecular weight excluding hydrogens is 239 g/mol. The van der Waals surface area contributed by atoms with Gasteiger partial charge in [-0.05, 0) is 50.1 Å². The third-order valence-corrected chi connectivity index (χ3v) is 3.30. The number of aryl methyl sites for hydroxylation is 1. The van der Waals surface area contributed by atoms with Gasteiger partial charge in [0.1, 0.15) is 5.82 Å². The normalized spacial score (nSPS) is 12.4. The van der Waals surface area contributed by atoms with Crippen LogP contribution >= 0.6 is 0 Å². The Morgan fingerprint density at radius 1 is 1.21 bits per heavy atom. The van der Waals surface area contributed by atoms with E-state index in [0.29, 0.717) is 0 Å². The molecule has 1 unspecified atom stereocenters. The van der Waals surface area contributed by atoms with E-state index in [2.05, 4.69) is 41.5 Å². The largest absolute Gasteiger partial charge is 0.309 e. The van der Waals surface area contributed by atoms with E-state index in [4.69, 9.17) is 0 Å². The van der Waals surface area contributed by atoms with E-state index in [1.54, 1.807) is 6.07 Å². The second-order valence-electron chi connectivity index (χ2n) is 4.75. The lowest BCUT2D eigenvalue weighted by atomic mass is 10.1. The smallest absolute Gasteiger partial charge is 0.141 e. The lowest BCUT2D eigenvalue weighted by Crippen LogP contribution is -2.22. The first-order valence-electron chi connectivity index (χ1n) is 6.56. The first-order chi connectivity index (χ1) is 9.16. The standard InChI is InChI=1S/C16H19FN2/c1-12-5-3-4-6-14(12)9-10-18-13(2)16-8-7-15(17)11-19-16/h3-8,11,13,18H,9-10H2,1-2H3. The lowest BCUT2D eigenvalue weighted by Gasteiger charge is -2.13. The maximum absolute atomic E-state index is 12.8. The van der Waals surface area contributed by atoms with Crippen LogP contribution in [0.5, 0.6) is 0 Å². The van der Waals surface area contributed by atoms with Crippen LogP contribution in [0, 0.1) is 12.7 Å². The van der Waals surface area contributed by atoms with Crippen molar-refractivity contribution < 1.29 is 4.39 Å². The molecule has 0 aliphatic rings. The van der Waals surface area contributed by atoms with Crippen molar-refractivity contribution in [3.63, 3.8) is 0 Å². The molecule has 0 aliphatic heterocycles. The molecule has 0 saturated heterocycles. The number of rotatable bonds is 5. The van der Waals surface area contributed by atoms with E-state index in [-0.39, 0.29) is 11.9 Å². The summed E-state index contributed by atoms with van der Waals surface area (Å²) in [7, 11) is 0. The van der Waals surface area contributed by atoms with Crippen molar-refractivity contribution in [2.45, 2.75) is 26.3 Å². The second-order valence-corrected chi connectivity index (χ2v) is 4.75. The SMILES string of the molecule is Cc1ccccc1CCNC(C)c1ccc(F)cn1. The minimum Gasteiger partial charge on any atom is -0.309 e. The number of aromatic nitrogens is 1. The fourth-order valence-corrected chi connectivity index (χ4v) is 2.06. The molecule has 0 fully saturated rings. The number of hydrogen-bond acceptors (Lipinski definition) is 2. The van der Waals surface area contributed by atoms with Crippen molar-refractivity contribution in [2.75, 3.05) is 6.54 Å². The predicted molar refractivity (Wildman–Crippen MR) is 75.5 cm³/mol. The van der Waals surface area contributed by atoms with E-state index in [9.17, 15) is 4.39 Å². The van der Waals surface area contributed by atoms with Gasteiger partial charge in [0.05, 0.1) is 11.9 Å². The Hall–Kier alpha value is -1.74. The van der Waals surface area contributed by atoms with Crippen LogP contribution in [0.3, 0.4) is 0 Å². The predicted octanol–water partition coefficient (Wildman–Crippen LogP) is 3.42. The maximum Gasteiger partial charge on any atom is 0.141 e. The number of nitrogens with one attached hydrogen (secondary N) is 1. The molecule has 0 radical (unpaired) electrons. The van der Waals surface area contributed by atoms with Crippen LogP contribution in [0.2, 0.25) is 0 Å². The minimum absolute atomic E-state index is 0.129. The van der Waals surface area contributed by atoms with Gasteiger partial charge in [0, 0.05) is 6.04 Å². The zero-order valence-corrected chi connectivity index (χ0v) is 11.4. The summed E-state index contributed by atoms with van der Waals surface area (Å²) in [6.07, 6.45) is 2.24. The molecule has 2 aromatic rings. The Balaban J connectivity index is 1.86. The molecule has 0 spiro atoms. The molecule has 1 aromatic carbocycles. The molecule has 0 saturated carbocycles. The Morgan fingerprint density at radius 3 is 2.68 bits per heavy atom. The molecule has 100 valence electrons. The van der Waals surface area contributed by atoms with Gasteiger partial charge in [0.25, 0.3) is 0 Å². The fraction of sp³-hybridized carbons (Fsp3) is 0.312. The number of nitrogens with zero attached hydrogens (tertiary/aromatic N) is 1. The van der Waals surface area contributed by atoms with E-state index in [1.807, 2.05) is 6.92 Å². The van der Waals surface area contributed by atoms with Crippen LogP contribution in [0.15, 0.2) is 42.6 Å². The first kappa shape index (κ1) is 13.7. The fourth-order valence-electron chi connectivity index (χ4n) is 2.06. The molecule has 2 nitrogen and oxygen atoms in total. The highest BCUT2D eigenvalue weighted by molar-refractivity contribution is 5.25. The summed E-state index contributed by atoms with van der Waals surface area (Å²) < 4.78 is 12.8. The molecule has 2 rings (SSSR count). The van der Waals surface area contributed by atoms with E-state index >= 15 is 0 Å². The highest BCUT2D eigenvalue weighted by atomic mass is 19.1. The zero-order chi connectivity index (χ0) is 13.7. The van der Waals surface area contributed by atoms with Crippen LogP contribution in [-0.4, -0.2) is 11.5 Å². The van der Waals surface area contributed by atoms with Crippen molar-refractivity contribution in [3.8, 4) is 0 Å². The van der Waals surface area contributed by atoms with Crippen molar-refractivity contribution >= 4 is 0 Å². The molecular formula is C16H19FN2. The van der Waals surface area contributed by atoms with Crippen LogP contribution in [0.25, 0.3) is 0 Å². The number of benzene rings is 1. The summed E-state index contributed by atoms with van der Waals surface area (Å²) in [5, 5.41) is 3.41. The third kappa shape index (κ3) is 3.86. The summed E-state index contributed by atoms with van der Waals surface area (Å²) in [6.45, 7) is 5.05. The van der Waals surface area contributed by atoms with Crippen LogP contribution in [-0.2, 0) is 6.42 Å². The van der Waals surface area contributed by atoms with E-state index in [0.717, 1.165) is 18.7 Å². The van der Waals surface area contributed by atoms with Gasteiger partial charge in [0.15, 0.2) is 0 Å². The van der Waals surface area contributed by atoms with Gasteiger partial charge in [-0.15, -0.1) is 0 Å². The Morgan fingerprint density at radius 2 is 2.00 bits per heavy atom. The summed E-state index contributed by atoms with van der Waals surface area (Å²) in [5.74, 6) is -0.295. The number of hydrogen-bond donors (Lipinski definition) is 1. The van der Waals surface area contributed by atoms with Crippen molar-refractivity contribution in [1.29, 1.82) is 0 Å². The molecule has 1 aromatic heterocycles. The van der Waals surface area contributed by atoms with Gasteiger partial charge in [0.2, 0.25) is 0 Å². The molecule has 1 atom stereocenters. The summed E-state index contributed by atoms with van der Waals surface area (Å²) >= 11 is 0. The van der Waals surface area contributed by atoms with Gasteiger partial charge >= 0.3 is 0 Å². The summed E-state index contributed by atoms with van der Waals surface area (Å²) in [4.78, 5) is 4.08. The summed E-state index contributed by atoms with van der Waals surface area (Å²) in [6, 6.07) is 11.7. The zero-order valence-electron chi connectivity index (χ0n) is 11.4. The monoisotopic (exact) mass is 258 g/mol. The average molecular weight is 258 g/mol. The maximum atomic E-state index is 12.8. The van der Waals surface area contributed by atoms with Gasteiger partial charge in [-0.3, -0.25) is 4.98 Å². The highest BCUT2D eigenvalue weighted by Crippen LogP contribution is 2.11. The van der Waals surface area contributed by atoms with Gasteiger partial charge < -0.3 is 5.32 Å². The van der Waals surface area contributed by atoms with E-state index < -0.39 is 0 Å². The Bertz CT molecular complexity index is 523. The third-order valence-electron chi connectivity index (χ3n) is 3.30. The van der Waals surface area contributed by atoms with Crippen molar-refractivity contribution in [1.82, 2.24) is 10.3 Å². The summed E-state index contributed by atoms with van der Waals surface area (Å²) in [5.41, 5.74) is 3.54. The van der Waals surface area contributed by atoms with Gasteiger partial charge in [-0.2, -0.15) is 0 Å². The molecule has 0 bridgehead atoms.